The Balaban J connectivity index is 0.00000683. The average molecular weight is 930 g/mol. The first-order valence-electron chi connectivity index (χ1n) is 18.5. The van der Waals surface area contributed by atoms with Crippen LogP contribution in [0.3, 0.4) is 0 Å². The first-order valence-corrected chi connectivity index (χ1v) is 20.3. The quantitative estimate of drug-likeness (QED) is 0.0201. The molecule has 0 radical (unpaired) electrons. The van der Waals surface area contributed by atoms with Crippen LogP contribution in [-0.2, 0) is 48.4 Å². The molecule has 0 spiro atoms. The third kappa shape index (κ3) is 10.9. The first-order chi connectivity index (χ1) is 28.3. The number of carbonyl (C=O) groups is 4. The normalized spacial score (nSPS) is 16.2. The zero-order valence-electron chi connectivity index (χ0n) is 33.4. The Bertz CT molecular complexity index is 2300. The summed E-state index contributed by atoms with van der Waals surface area (Å²) in [6.45, 7) is 8.12. The number of nitrogens with one attached hydrogen (secondary N) is 2. The molecular weight excluding hydrogens is 885 g/mol. The van der Waals surface area contributed by atoms with E-state index in [9.17, 15) is 19.2 Å². The minimum absolute atomic E-state index is 0. The van der Waals surface area contributed by atoms with Gasteiger partial charge in [0, 0.05) is 29.4 Å². The van der Waals surface area contributed by atoms with Gasteiger partial charge in [-0.05, 0) is 63.9 Å². The molecule has 3 amide bonds. The van der Waals surface area contributed by atoms with Gasteiger partial charge in [0.2, 0.25) is 16.7 Å². The number of nitrogens with zero attached hydrogens (tertiary/aromatic N) is 8. The number of hydrogen-bond donors (Lipinski definition) is 4. The van der Waals surface area contributed by atoms with Crippen LogP contribution in [0.15, 0.2) is 70.3 Å². The SMILES string of the molecule is CCO/N=C(\C(=O)NC1C(=O)N2C(C(=O)OCc3ccc(OC)cc3)=C(C[n+]3cn(CCCN=C(N)N)c4cccnc43)CSC12)c1nsc(NC(=O)OC(C)(C)C)n1.[Br-]. The number of hydrogen-bond acceptors (Lipinski definition) is 15. The number of rotatable bonds is 16. The molecule has 0 aliphatic carbocycles. The summed E-state index contributed by atoms with van der Waals surface area (Å²) in [5.41, 5.74) is 12.9. The molecule has 6 N–H and O–H groups in total. The molecule has 0 bridgehead atoms. The number of aromatic nitrogens is 5. The topological polar surface area (TPSA) is 257 Å². The Morgan fingerprint density at radius 3 is 2.60 bits per heavy atom. The molecule has 2 atom stereocenters. The maximum absolute atomic E-state index is 14.1. The molecule has 3 aromatic heterocycles. The minimum Gasteiger partial charge on any atom is -1.00 e. The number of β-lactam (4-membered cyclic amide) rings is 1. The number of thioether (sulfide) groups is 1. The van der Waals surface area contributed by atoms with Gasteiger partial charge >= 0.3 is 17.7 Å². The van der Waals surface area contributed by atoms with Gasteiger partial charge in [0.05, 0.1) is 20.2 Å². The number of benzene rings is 1. The molecule has 2 unspecified atom stereocenters. The highest BCUT2D eigenvalue weighted by Gasteiger charge is 2.55. The third-order valence-electron chi connectivity index (χ3n) is 8.64. The summed E-state index contributed by atoms with van der Waals surface area (Å²) >= 11 is 2.18. The second kappa shape index (κ2) is 20.0. The van der Waals surface area contributed by atoms with Crippen LogP contribution in [0.2, 0.25) is 0 Å². The number of pyridine rings is 1. The molecule has 2 aliphatic rings. The van der Waals surface area contributed by atoms with Crippen LogP contribution in [0, 0.1) is 0 Å². The van der Waals surface area contributed by atoms with Gasteiger partial charge in [-0.25, -0.2) is 14.2 Å². The second-order valence-corrected chi connectivity index (χ2v) is 15.9. The van der Waals surface area contributed by atoms with Gasteiger partial charge in [0.1, 0.15) is 47.9 Å². The van der Waals surface area contributed by atoms with E-state index in [1.165, 1.54) is 16.7 Å². The Labute approximate surface area is 363 Å². The Kier molecular flexibility index (Phi) is 15.1. The Hall–Kier alpha value is -5.81. The summed E-state index contributed by atoms with van der Waals surface area (Å²) in [6.07, 6.45) is 3.49. The van der Waals surface area contributed by atoms with Crippen LogP contribution >= 0.6 is 23.3 Å². The van der Waals surface area contributed by atoms with Gasteiger partial charge in [0.15, 0.2) is 17.8 Å². The fourth-order valence-electron chi connectivity index (χ4n) is 6.08. The van der Waals surface area contributed by atoms with Crippen LogP contribution in [-0.4, -0.2) is 102 Å². The average Bonchev–Trinajstić information content (AvgIpc) is 3.80. The van der Waals surface area contributed by atoms with Crippen LogP contribution in [0.1, 0.15) is 45.5 Å². The Morgan fingerprint density at radius 1 is 1.13 bits per heavy atom. The third-order valence-corrected chi connectivity index (χ3v) is 10.6. The maximum Gasteiger partial charge on any atom is 0.414 e. The molecule has 0 saturated carbocycles. The molecule has 1 aromatic carbocycles. The molecule has 1 saturated heterocycles. The monoisotopic (exact) mass is 928 g/mol. The predicted molar refractivity (Wildman–Crippen MR) is 218 cm³/mol. The smallest absolute Gasteiger partial charge is 0.414 e. The van der Waals surface area contributed by atoms with Gasteiger partial charge in [-0.1, -0.05) is 17.3 Å². The number of guanidine groups is 1. The van der Waals surface area contributed by atoms with Crippen molar-refractivity contribution in [1.29, 1.82) is 0 Å². The van der Waals surface area contributed by atoms with Crippen molar-refractivity contribution in [2.24, 2.45) is 21.6 Å². The standard InChI is InChI=1S/C37H44N12O8S2.BrH/c1-6-56-45-25(28-43-35(59-46-28)44-36(53)57-37(2,3)4)30(50)42-26-31(51)49-27(33(52)55-18-21-10-12-23(54-5)13-11-21)22(19-58-32(26)49)17-48-20-47(16-8-15-41-34(38)39)24-9-7-14-40-29(24)48;/h7,9-14,20,26,32H,6,8,15-19H2,1-5H3,(H5-,38,39,41,42,43,44,46,50,53);1H/b45-25-;. The number of halogens is 1. The van der Waals surface area contributed by atoms with Gasteiger partial charge in [0.25, 0.3) is 11.8 Å². The number of esters is 1. The van der Waals surface area contributed by atoms with Gasteiger partial charge in [-0.2, -0.15) is 9.36 Å². The van der Waals surface area contributed by atoms with E-state index >= 15 is 0 Å². The molecule has 60 heavy (non-hydrogen) atoms. The molecule has 23 heteroatoms. The first kappa shape index (κ1) is 45.3. The van der Waals surface area contributed by atoms with Crippen LogP contribution < -0.4 is 48.4 Å². The summed E-state index contributed by atoms with van der Waals surface area (Å²) < 4.78 is 24.4. The number of amides is 3. The largest absolute Gasteiger partial charge is 1.00 e. The summed E-state index contributed by atoms with van der Waals surface area (Å²) in [6, 6.07) is 9.80. The van der Waals surface area contributed by atoms with E-state index in [0.717, 1.165) is 17.0 Å². The van der Waals surface area contributed by atoms with Crippen molar-refractivity contribution in [2.45, 2.75) is 70.8 Å². The van der Waals surface area contributed by atoms with Gasteiger partial charge in [-0.15, -0.1) is 16.7 Å². The van der Waals surface area contributed by atoms with Crippen LogP contribution in [0.4, 0.5) is 9.93 Å². The highest BCUT2D eigenvalue weighted by molar-refractivity contribution is 8.00. The zero-order chi connectivity index (χ0) is 42.3. The molecule has 2 aliphatic heterocycles. The number of fused-ring (bicyclic) bond motifs is 2. The number of methoxy groups -OCH3 is 1. The van der Waals surface area contributed by atoms with Crippen LogP contribution in [0.25, 0.3) is 11.2 Å². The fraction of sp³-hybridized carbons (Fsp3) is 0.405. The van der Waals surface area contributed by atoms with E-state index < -0.39 is 40.9 Å². The van der Waals surface area contributed by atoms with Crippen molar-refractivity contribution in [3.63, 3.8) is 0 Å². The van der Waals surface area contributed by atoms with E-state index in [4.69, 9.17) is 30.5 Å². The lowest BCUT2D eigenvalue weighted by Gasteiger charge is -2.49. The zero-order valence-corrected chi connectivity index (χ0v) is 36.6. The lowest BCUT2D eigenvalue weighted by molar-refractivity contribution is -0.665. The van der Waals surface area contributed by atoms with Gasteiger partial charge < -0.3 is 52.8 Å². The van der Waals surface area contributed by atoms with E-state index in [2.05, 4.69) is 35.1 Å². The summed E-state index contributed by atoms with van der Waals surface area (Å²) in [5.74, 6) is -1.20. The number of aliphatic imine (C=N–C) groups is 1. The predicted octanol–water partition coefficient (Wildman–Crippen LogP) is -0.963. The molecule has 20 nitrogen and oxygen atoms in total. The molecule has 4 aromatic rings. The summed E-state index contributed by atoms with van der Waals surface area (Å²) in [5, 5.41) is 8.52. The minimum atomic E-state index is -1.05. The Morgan fingerprint density at radius 2 is 1.90 bits per heavy atom. The number of oxime groups is 1. The summed E-state index contributed by atoms with van der Waals surface area (Å²) in [7, 11) is 1.56. The highest BCUT2D eigenvalue weighted by atomic mass is 79.9. The van der Waals surface area contributed by atoms with Gasteiger partial charge in [-0.3, -0.25) is 29.4 Å². The van der Waals surface area contributed by atoms with E-state index in [1.54, 1.807) is 65.3 Å². The molecule has 5 heterocycles. The van der Waals surface area contributed by atoms with E-state index in [-0.39, 0.29) is 65.1 Å². The number of nitrogens with two attached hydrogens (primary N) is 2. The number of imidazole rings is 1. The molecule has 1 fully saturated rings. The van der Waals surface area contributed by atoms with Crippen molar-refractivity contribution in [2.75, 3.05) is 31.3 Å². The van der Waals surface area contributed by atoms with Crippen LogP contribution in [0.5, 0.6) is 5.75 Å². The second-order valence-electron chi connectivity index (χ2n) is 14.1. The lowest BCUT2D eigenvalue weighted by Crippen LogP contribution is -3.00. The van der Waals surface area contributed by atoms with E-state index in [1.807, 2.05) is 27.6 Å². The summed E-state index contributed by atoms with van der Waals surface area (Å²) in [4.78, 5) is 73.6. The van der Waals surface area contributed by atoms with Crippen molar-refractivity contribution in [3.05, 3.63) is 71.6 Å². The van der Waals surface area contributed by atoms with E-state index in [0.29, 0.717) is 47.8 Å². The lowest BCUT2D eigenvalue weighted by atomic mass is 10.0. The number of ether oxygens (including phenoxy) is 3. The maximum atomic E-state index is 14.1. The van der Waals surface area contributed by atoms with Crippen molar-refractivity contribution >= 4 is 75.1 Å². The highest BCUT2D eigenvalue weighted by Crippen LogP contribution is 2.41. The number of carbonyl (C=O) groups excluding carboxylic acids is 4. The number of aryl methyl sites for hydroxylation is 1. The fourth-order valence-corrected chi connectivity index (χ4v) is 7.98. The van der Waals surface area contributed by atoms with Crippen molar-refractivity contribution in [3.8, 4) is 5.75 Å². The van der Waals surface area contributed by atoms with Crippen molar-refractivity contribution in [1.82, 2.24) is 29.1 Å². The number of anilines is 1. The molecular formula is C37H45BrN12O8S2. The molecule has 320 valence electrons. The molecule has 6 rings (SSSR count). The van der Waals surface area contributed by atoms with Crippen molar-refractivity contribution < 1.29 is 59.8 Å².